The standard InChI is InChI=1S/C22H17N3O4/c1-13-11-19(23-29-13)25-21(27)16-9-8-15(12-17(16)22(25)28)20(26)24-10-4-6-14-5-2-3-7-18(14)24/h2-3,5,7-9,11-12H,4,6,10H2,1H3. The van der Waals surface area contributed by atoms with Crippen molar-refractivity contribution in [2.45, 2.75) is 19.8 Å². The average Bonchev–Trinajstić information content (AvgIpc) is 3.27. The van der Waals surface area contributed by atoms with Crippen LogP contribution in [0.5, 0.6) is 0 Å². The first kappa shape index (κ1) is 17.4. The lowest BCUT2D eigenvalue weighted by Gasteiger charge is -2.29. The molecule has 2 aliphatic heterocycles. The van der Waals surface area contributed by atoms with Gasteiger partial charge in [0.05, 0.1) is 11.1 Å². The van der Waals surface area contributed by atoms with E-state index in [1.54, 1.807) is 17.9 Å². The average molecular weight is 387 g/mol. The molecule has 0 N–H and O–H groups in total. The van der Waals surface area contributed by atoms with Crippen LogP contribution in [0.1, 0.15) is 48.8 Å². The molecule has 0 fully saturated rings. The van der Waals surface area contributed by atoms with Crippen LogP contribution >= 0.6 is 0 Å². The summed E-state index contributed by atoms with van der Waals surface area (Å²) in [6.07, 6.45) is 1.81. The minimum absolute atomic E-state index is 0.145. The number of para-hydroxylation sites is 1. The first-order chi connectivity index (χ1) is 14.0. The van der Waals surface area contributed by atoms with E-state index in [-0.39, 0.29) is 22.9 Å². The van der Waals surface area contributed by atoms with E-state index in [2.05, 4.69) is 5.16 Å². The minimum atomic E-state index is -0.507. The summed E-state index contributed by atoms with van der Waals surface area (Å²) in [5, 5.41) is 3.77. The fraction of sp³-hybridized carbons (Fsp3) is 0.182. The molecule has 0 aliphatic carbocycles. The Balaban J connectivity index is 1.50. The van der Waals surface area contributed by atoms with Gasteiger partial charge in [0, 0.05) is 23.9 Å². The maximum atomic E-state index is 13.2. The van der Waals surface area contributed by atoms with Crippen LogP contribution < -0.4 is 9.80 Å². The lowest BCUT2D eigenvalue weighted by atomic mass is 9.99. The summed E-state index contributed by atoms with van der Waals surface area (Å²) in [6.45, 7) is 2.30. The highest BCUT2D eigenvalue weighted by Crippen LogP contribution is 2.31. The minimum Gasteiger partial charge on any atom is -0.360 e. The predicted molar refractivity (Wildman–Crippen MR) is 105 cm³/mol. The number of rotatable bonds is 2. The lowest BCUT2D eigenvalue weighted by molar-refractivity contribution is 0.0922. The zero-order valence-electron chi connectivity index (χ0n) is 15.7. The number of benzene rings is 2. The highest BCUT2D eigenvalue weighted by Gasteiger charge is 2.39. The van der Waals surface area contributed by atoms with Crippen molar-refractivity contribution in [1.82, 2.24) is 5.16 Å². The Morgan fingerprint density at radius 3 is 2.62 bits per heavy atom. The van der Waals surface area contributed by atoms with Gasteiger partial charge in [-0.15, -0.1) is 0 Å². The topological polar surface area (TPSA) is 83.7 Å². The summed E-state index contributed by atoms with van der Waals surface area (Å²) in [7, 11) is 0. The van der Waals surface area contributed by atoms with Gasteiger partial charge in [0.1, 0.15) is 5.76 Å². The van der Waals surface area contributed by atoms with E-state index in [1.165, 1.54) is 18.2 Å². The van der Waals surface area contributed by atoms with Crippen LogP contribution in [-0.4, -0.2) is 29.4 Å². The van der Waals surface area contributed by atoms with Gasteiger partial charge in [0.15, 0.2) is 5.82 Å². The van der Waals surface area contributed by atoms with Crippen LogP contribution in [0.3, 0.4) is 0 Å². The van der Waals surface area contributed by atoms with Gasteiger partial charge in [-0.3, -0.25) is 14.4 Å². The Labute approximate surface area is 166 Å². The van der Waals surface area contributed by atoms with Crippen LogP contribution in [0.2, 0.25) is 0 Å². The lowest BCUT2D eigenvalue weighted by Crippen LogP contribution is -2.35. The number of nitrogens with zero attached hydrogens (tertiary/aromatic N) is 3. The molecule has 144 valence electrons. The molecule has 3 heterocycles. The SMILES string of the molecule is Cc1cc(N2C(=O)c3ccc(C(=O)N4CCCc5ccccc54)cc3C2=O)no1. The van der Waals surface area contributed by atoms with Gasteiger partial charge >= 0.3 is 0 Å². The molecule has 0 bridgehead atoms. The van der Waals surface area contributed by atoms with Gasteiger partial charge < -0.3 is 9.42 Å². The van der Waals surface area contributed by atoms with Crippen molar-refractivity contribution in [3.05, 3.63) is 76.5 Å². The fourth-order valence-electron chi connectivity index (χ4n) is 3.94. The van der Waals surface area contributed by atoms with E-state index in [0.717, 1.165) is 29.0 Å². The number of hydrogen-bond acceptors (Lipinski definition) is 5. The van der Waals surface area contributed by atoms with Gasteiger partial charge in [-0.05, 0) is 49.6 Å². The predicted octanol–water partition coefficient (Wildman–Crippen LogP) is 3.38. The summed E-state index contributed by atoms with van der Waals surface area (Å²) >= 11 is 0. The second-order valence-corrected chi connectivity index (χ2v) is 7.19. The van der Waals surface area contributed by atoms with Gasteiger partial charge in [-0.2, -0.15) is 0 Å². The molecule has 3 amide bonds. The van der Waals surface area contributed by atoms with Crippen molar-refractivity contribution >= 4 is 29.2 Å². The zero-order valence-corrected chi connectivity index (χ0v) is 15.7. The van der Waals surface area contributed by atoms with Crippen molar-refractivity contribution in [1.29, 1.82) is 0 Å². The van der Waals surface area contributed by atoms with E-state index >= 15 is 0 Å². The Kier molecular flexibility index (Phi) is 3.84. The second-order valence-electron chi connectivity index (χ2n) is 7.19. The highest BCUT2D eigenvalue weighted by molar-refractivity contribution is 6.34. The third-order valence-electron chi connectivity index (χ3n) is 5.33. The maximum Gasteiger partial charge on any atom is 0.267 e. The van der Waals surface area contributed by atoms with Crippen LogP contribution in [0.15, 0.2) is 53.1 Å². The molecule has 5 rings (SSSR count). The zero-order chi connectivity index (χ0) is 20.1. The molecule has 0 spiro atoms. The number of amides is 3. The van der Waals surface area contributed by atoms with E-state index in [4.69, 9.17) is 4.52 Å². The van der Waals surface area contributed by atoms with Gasteiger partial charge in [0.2, 0.25) is 0 Å². The molecule has 2 aromatic carbocycles. The van der Waals surface area contributed by atoms with E-state index in [0.29, 0.717) is 17.9 Å². The smallest absolute Gasteiger partial charge is 0.267 e. The van der Waals surface area contributed by atoms with Gasteiger partial charge in [-0.1, -0.05) is 23.4 Å². The third-order valence-corrected chi connectivity index (χ3v) is 5.33. The Bertz CT molecular complexity index is 1180. The molecule has 7 heteroatoms. The summed E-state index contributed by atoms with van der Waals surface area (Å²) in [5.74, 6) is -0.522. The van der Waals surface area contributed by atoms with Crippen molar-refractivity contribution in [2.24, 2.45) is 0 Å². The van der Waals surface area contributed by atoms with Crippen molar-refractivity contribution in [2.75, 3.05) is 16.3 Å². The van der Waals surface area contributed by atoms with Crippen molar-refractivity contribution in [3.63, 3.8) is 0 Å². The molecular formula is C22H17N3O4. The summed E-state index contributed by atoms with van der Waals surface area (Å²) < 4.78 is 4.99. The first-order valence-electron chi connectivity index (χ1n) is 9.40. The number of carbonyl (C=O) groups is 3. The number of fused-ring (bicyclic) bond motifs is 2. The summed E-state index contributed by atoms with van der Waals surface area (Å²) in [4.78, 5) is 41.5. The van der Waals surface area contributed by atoms with E-state index in [1.807, 2.05) is 24.3 Å². The van der Waals surface area contributed by atoms with Crippen molar-refractivity contribution in [3.8, 4) is 0 Å². The van der Waals surface area contributed by atoms with Gasteiger partial charge in [-0.25, -0.2) is 4.90 Å². The number of carbonyl (C=O) groups excluding carboxylic acids is 3. The van der Waals surface area contributed by atoms with E-state index < -0.39 is 11.8 Å². The Morgan fingerprint density at radius 1 is 1.03 bits per heavy atom. The van der Waals surface area contributed by atoms with Crippen LogP contribution in [0, 0.1) is 6.92 Å². The number of aryl methyl sites for hydroxylation is 2. The molecule has 3 aromatic rings. The monoisotopic (exact) mass is 387 g/mol. The molecule has 2 aliphatic rings. The maximum absolute atomic E-state index is 13.2. The van der Waals surface area contributed by atoms with Crippen LogP contribution in [0.25, 0.3) is 0 Å². The number of aromatic nitrogens is 1. The molecule has 0 unspecified atom stereocenters. The van der Waals surface area contributed by atoms with Crippen LogP contribution in [-0.2, 0) is 6.42 Å². The third kappa shape index (κ3) is 2.66. The molecule has 1 aromatic heterocycles. The Morgan fingerprint density at radius 2 is 1.83 bits per heavy atom. The number of imide groups is 1. The van der Waals surface area contributed by atoms with E-state index in [9.17, 15) is 14.4 Å². The summed E-state index contributed by atoms with van der Waals surface area (Å²) in [6, 6.07) is 14.0. The summed E-state index contributed by atoms with van der Waals surface area (Å²) in [5.41, 5.74) is 2.86. The molecule has 0 atom stereocenters. The molecule has 0 saturated carbocycles. The fourth-order valence-corrected chi connectivity index (χ4v) is 3.94. The first-order valence-corrected chi connectivity index (χ1v) is 9.40. The highest BCUT2D eigenvalue weighted by atomic mass is 16.5. The molecule has 0 radical (unpaired) electrons. The quantitative estimate of drug-likeness (QED) is 0.630. The second kappa shape index (κ2) is 6.41. The van der Waals surface area contributed by atoms with Crippen molar-refractivity contribution < 1.29 is 18.9 Å². The van der Waals surface area contributed by atoms with Gasteiger partial charge in [0.25, 0.3) is 17.7 Å². The Hall–Kier alpha value is -3.74. The number of hydrogen-bond donors (Lipinski definition) is 0. The molecule has 29 heavy (non-hydrogen) atoms. The molecule has 0 saturated heterocycles. The largest absolute Gasteiger partial charge is 0.360 e. The molecule has 7 nitrogen and oxygen atoms in total. The normalized spacial score (nSPS) is 15.5. The molecular weight excluding hydrogens is 370 g/mol. The number of anilines is 2. The van der Waals surface area contributed by atoms with Crippen LogP contribution in [0.4, 0.5) is 11.5 Å².